The number of benzene rings is 1. The van der Waals surface area contributed by atoms with Crippen molar-refractivity contribution in [2.75, 3.05) is 80.9 Å². The summed E-state index contributed by atoms with van der Waals surface area (Å²) in [5.74, 6) is 0.916. The molecule has 0 spiro atoms. The van der Waals surface area contributed by atoms with E-state index in [-0.39, 0.29) is 5.91 Å². The van der Waals surface area contributed by atoms with Crippen LogP contribution in [-0.4, -0.2) is 97.0 Å². The Hall–Kier alpha value is -3.25. The third-order valence-corrected chi connectivity index (χ3v) is 7.84. The van der Waals surface area contributed by atoms with E-state index in [0.29, 0.717) is 29.3 Å². The van der Waals surface area contributed by atoms with E-state index in [1.54, 1.807) is 6.20 Å². The second-order valence-corrected chi connectivity index (χ2v) is 10.9. The van der Waals surface area contributed by atoms with Crippen LogP contribution in [0.3, 0.4) is 0 Å². The number of anilines is 4. The van der Waals surface area contributed by atoms with Crippen LogP contribution in [0.15, 0.2) is 30.7 Å². The zero-order chi connectivity index (χ0) is 27.9. The van der Waals surface area contributed by atoms with Crippen LogP contribution in [0, 0.1) is 0 Å². The quantitative estimate of drug-likeness (QED) is 0.422. The summed E-state index contributed by atoms with van der Waals surface area (Å²) in [5, 5.41) is 20.2. The van der Waals surface area contributed by atoms with Crippen LogP contribution in [0.25, 0.3) is 5.57 Å². The van der Waals surface area contributed by atoms with Crippen molar-refractivity contribution in [3.05, 3.63) is 41.9 Å². The normalized spacial score (nSPS) is 23.6. The topological polar surface area (TPSA) is 118 Å². The van der Waals surface area contributed by atoms with E-state index in [1.165, 1.54) is 17.6 Å². The average molecular weight is 551 g/mol. The van der Waals surface area contributed by atoms with Gasteiger partial charge in [0.25, 0.3) is 5.91 Å². The van der Waals surface area contributed by atoms with Gasteiger partial charge in [0.1, 0.15) is 24.2 Å². The van der Waals surface area contributed by atoms with Crippen molar-refractivity contribution in [1.82, 2.24) is 19.8 Å². The van der Waals surface area contributed by atoms with Gasteiger partial charge in [0, 0.05) is 50.3 Å². The van der Waals surface area contributed by atoms with E-state index in [1.807, 2.05) is 11.9 Å². The number of aromatic nitrogens is 2. The number of hydrogen-bond acceptors (Lipinski definition) is 10. The van der Waals surface area contributed by atoms with Crippen LogP contribution < -0.4 is 20.9 Å². The summed E-state index contributed by atoms with van der Waals surface area (Å²) in [6, 6.07) is 6.42. The predicted molar refractivity (Wildman–Crippen MR) is 158 cm³/mol. The van der Waals surface area contributed by atoms with Crippen LogP contribution >= 0.6 is 0 Å². The molecule has 1 unspecified atom stereocenters. The van der Waals surface area contributed by atoms with Crippen molar-refractivity contribution < 1.29 is 14.6 Å². The number of carbonyl (C=O) groups excluding carboxylic acids is 1. The Morgan fingerprint density at radius 2 is 1.82 bits per heavy atom. The molecule has 40 heavy (non-hydrogen) atoms. The van der Waals surface area contributed by atoms with Gasteiger partial charge in [-0.3, -0.25) is 9.69 Å². The zero-order valence-corrected chi connectivity index (χ0v) is 23.7. The molecule has 0 aliphatic carbocycles. The predicted octanol–water partition coefficient (Wildman–Crippen LogP) is 2.78. The number of aliphatic hydroxyl groups excluding tert-OH is 1. The molecule has 4 N–H and O–H groups in total. The van der Waals surface area contributed by atoms with Gasteiger partial charge in [-0.1, -0.05) is 6.42 Å². The Bertz CT molecular complexity index is 1200. The first-order chi connectivity index (χ1) is 19.5. The molecule has 0 saturated carbocycles. The van der Waals surface area contributed by atoms with Crippen molar-refractivity contribution in [3.63, 3.8) is 0 Å². The van der Waals surface area contributed by atoms with Gasteiger partial charge >= 0.3 is 0 Å². The molecule has 1 amide bonds. The molecular weight excluding hydrogens is 508 g/mol. The van der Waals surface area contributed by atoms with Gasteiger partial charge in [-0.15, -0.1) is 0 Å². The average Bonchev–Trinajstić information content (AvgIpc) is 3.29. The Balaban J connectivity index is 1.43. The molecule has 5 rings (SSSR count). The lowest BCUT2D eigenvalue weighted by Crippen LogP contribution is -2.37. The molecule has 1 fully saturated rings. The maximum atomic E-state index is 12.9. The smallest absolute Gasteiger partial charge is 0.259 e. The maximum absolute atomic E-state index is 12.9. The van der Waals surface area contributed by atoms with Gasteiger partial charge in [-0.25, -0.2) is 9.97 Å². The number of amides is 1. The number of nitrogens with zero attached hydrogens (tertiary/aromatic N) is 5. The molecule has 11 nitrogen and oxygen atoms in total. The lowest BCUT2D eigenvalue weighted by molar-refractivity contribution is -0.110. The van der Waals surface area contributed by atoms with Gasteiger partial charge in [0.05, 0.1) is 24.4 Å². The molecule has 3 aliphatic heterocycles. The van der Waals surface area contributed by atoms with Gasteiger partial charge in [-0.05, 0) is 70.1 Å². The van der Waals surface area contributed by atoms with Crippen molar-refractivity contribution in [2.24, 2.45) is 0 Å². The fraction of sp³-hybridized carbons (Fsp3) is 0.552. The molecule has 11 heteroatoms. The van der Waals surface area contributed by atoms with E-state index in [4.69, 9.17) is 4.74 Å². The minimum Gasteiger partial charge on any atom is -0.378 e. The van der Waals surface area contributed by atoms with E-state index in [0.717, 1.165) is 83.7 Å². The van der Waals surface area contributed by atoms with Gasteiger partial charge in [-0.2, -0.15) is 0 Å². The van der Waals surface area contributed by atoms with Crippen LogP contribution in [-0.2, 0) is 16.1 Å². The molecule has 3 aliphatic rings. The molecule has 0 radical (unpaired) electrons. The highest BCUT2D eigenvalue weighted by Crippen LogP contribution is 2.35. The molecular formula is C29H42N8O3. The highest BCUT2D eigenvalue weighted by atomic mass is 16.5. The fourth-order valence-electron chi connectivity index (χ4n) is 5.53. The molecule has 1 atom stereocenters. The summed E-state index contributed by atoms with van der Waals surface area (Å²) < 4.78 is 5.59. The number of ether oxygens (including phenoxy) is 1. The standard InChI is InChI=1S/C29H42N8O3/c1-35-11-5-3-4-7-25(38)36(2)12-6-10-30-27-26-23(29(39)34-28(26)33-20-32-27)18-31-22-8-9-24(21(17-22)19-35)37-13-15-40-16-14-37/h8-9,17-18,20,25,31,38H,3-7,10-16,19H2,1-2H3,(H2,30,32,33,34,39)/b23-18-. The second kappa shape index (κ2) is 13.4. The number of fused-ring (bicyclic) bond motifs is 2. The highest BCUT2D eigenvalue weighted by Gasteiger charge is 2.29. The van der Waals surface area contributed by atoms with Gasteiger partial charge in [0.2, 0.25) is 0 Å². The minimum absolute atomic E-state index is 0.211. The maximum Gasteiger partial charge on any atom is 0.259 e. The van der Waals surface area contributed by atoms with Crippen LogP contribution in [0.4, 0.5) is 23.0 Å². The summed E-state index contributed by atoms with van der Waals surface area (Å²) >= 11 is 0. The number of morpholine rings is 1. The lowest BCUT2D eigenvalue weighted by Gasteiger charge is -2.32. The Morgan fingerprint density at radius 3 is 2.67 bits per heavy atom. The first kappa shape index (κ1) is 28.3. The molecule has 216 valence electrons. The molecule has 2 aromatic rings. The SMILES string of the molecule is CN1CCCCCC(O)N(C)CCCNc2ncnc3c2/C(=C/Nc2ccc(N4CCOCC4)c(c2)C1)C(=O)N3. The minimum atomic E-state index is -0.448. The lowest BCUT2D eigenvalue weighted by atomic mass is 10.1. The van der Waals surface area contributed by atoms with Crippen LogP contribution in [0.2, 0.25) is 0 Å². The first-order valence-electron chi connectivity index (χ1n) is 14.4. The fourth-order valence-corrected chi connectivity index (χ4v) is 5.53. The molecule has 1 saturated heterocycles. The number of rotatable bonds is 1. The number of hydrogen-bond donors (Lipinski definition) is 4. The van der Waals surface area contributed by atoms with Crippen molar-refractivity contribution >= 4 is 34.5 Å². The largest absolute Gasteiger partial charge is 0.378 e. The molecule has 1 aromatic heterocycles. The zero-order valence-electron chi connectivity index (χ0n) is 23.7. The summed E-state index contributed by atoms with van der Waals surface area (Å²) in [4.78, 5) is 28.4. The Kier molecular flexibility index (Phi) is 9.48. The number of carbonyl (C=O) groups is 1. The van der Waals surface area contributed by atoms with E-state index in [9.17, 15) is 9.90 Å². The van der Waals surface area contributed by atoms with Crippen molar-refractivity contribution in [3.8, 4) is 0 Å². The number of aliphatic hydroxyl groups is 1. The molecule has 1 aromatic carbocycles. The van der Waals surface area contributed by atoms with Crippen LogP contribution in [0.1, 0.15) is 43.2 Å². The Labute approximate surface area is 236 Å². The monoisotopic (exact) mass is 550 g/mol. The van der Waals surface area contributed by atoms with Crippen molar-refractivity contribution in [2.45, 2.75) is 44.9 Å². The van der Waals surface area contributed by atoms with Crippen molar-refractivity contribution in [1.29, 1.82) is 0 Å². The molecule has 2 bridgehead atoms. The second-order valence-electron chi connectivity index (χ2n) is 10.9. The summed E-state index contributed by atoms with van der Waals surface area (Å²) in [6.07, 6.45) is 7.53. The van der Waals surface area contributed by atoms with E-state index in [2.05, 4.69) is 61.0 Å². The van der Waals surface area contributed by atoms with E-state index < -0.39 is 6.23 Å². The summed E-state index contributed by atoms with van der Waals surface area (Å²) in [7, 11) is 4.13. The summed E-state index contributed by atoms with van der Waals surface area (Å²) in [5.41, 5.74) is 4.54. The summed E-state index contributed by atoms with van der Waals surface area (Å²) in [6.45, 7) is 6.43. The molecule has 4 heterocycles. The first-order valence-corrected chi connectivity index (χ1v) is 14.4. The third-order valence-electron chi connectivity index (χ3n) is 7.84. The third kappa shape index (κ3) is 6.90. The Morgan fingerprint density at radius 1 is 1.00 bits per heavy atom. The van der Waals surface area contributed by atoms with E-state index >= 15 is 0 Å². The van der Waals surface area contributed by atoms with Crippen LogP contribution in [0.5, 0.6) is 0 Å². The highest BCUT2D eigenvalue weighted by molar-refractivity contribution is 6.32. The number of nitrogens with one attached hydrogen (secondary N) is 3. The van der Waals surface area contributed by atoms with Gasteiger partial charge in [0.15, 0.2) is 0 Å². The van der Waals surface area contributed by atoms with Gasteiger partial charge < -0.3 is 35.6 Å².